The van der Waals surface area contributed by atoms with Gasteiger partial charge < -0.3 is 5.73 Å². The molecule has 1 fully saturated rings. The zero-order valence-electron chi connectivity index (χ0n) is 5.88. The first kappa shape index (κ1) is 7.34. The van der Waals surface area contributed by atoms with Gasteiger partial charge in [0.15, 0.2) is 0 Å². The molecule has 0 radical (unpaired) electrons. The van der Waals surface area contributed by atoms with Crippen LogP contribution >= 0.6 is 0 Å². The minimum absolute atomic E-state index is 0.118. The Hall–Kier alpha value is -0.770. The lowest BCUT2D eigenvalue weighted by Gasteiger charge is -2.22. The molecule has 1 aliphatic rings. The van der Waals surface area contributed by atoms with E-state index in [4.69, 9.17) is 10.9 Å². The summed E-state index contributed by atoms with van der Waals surface area (Å²) in [5, 5.41) is 8.23. The molecule has 0 aromatic heterocycles. The highest BCUT2D eigenvalue weighted by Crippen LogP contribution is 2.25. The highest BCUT2D eigenvalue weighted by Gasteiger charge is 2.16. The van der Waals surface area contributed by atoms with E-state index in [1.807, 2.05) is 0 Å². The highest BCUT2D eigenvalue weighted by atomic mass is 16.5. The van der Waals surface area contributed by atoms with Crippen molar-refractivity contribution in [3.8, 4) is 0 Å². The van der Waals surface area contributed by atoms with Crippen LogP contribution in [-0.4, -0.2) is 17.7 Å². The molecule has 1 rings (SSSR count). The van der Waals surface area contributed by atoms with Gasteiger partial charge in [-0.15, -0.1) is 0 Å². The molecule has 0 amide bonds. The standard InChI is InChI=1S/C6H13N3O/c7-6(9-10)8-4-5-2-1-3-5/h5,10H,1-4H2,(H3,7,8,9). The number of guanidine groups is 1. The van der Waals surface area contributed by atoms with Crippen molar-refractivity contribution in [2.75, 3.05) is 6.54 Å². The number of aliphatic imine (C=N–C) groups is 1. The summed E-state index contributed by atoms with van der Waals surface area (Å²) in [4.78, 5) is 3.90. The Bertz CT molecular complexity index is 131. The number of hydroxylamine groups is 1. The first-order valence-corrected chi connectivity index (χ1v) is 3.53. The van der Waals surface area contributed by atoms with Crippen LogP contribution in [0, 0.1) is 5.92 Å². The number of nitrogens with two attached hydrogens (primary N) is 1. The number of rotatable bonds is 2. The molecule has 0 aromatic rings. The average molecular weight is 143 g/mol. The third-order valence-corrected chi connectivity index (χ3v) is 1.86. The SMILES string of the molecule is NC(=NCC1CCC1)NO. The fourth-order valence-electron chi connectivity index (χ4n) is 0.938. The Morgan fingerprint density at radius 3 is 2.80 bits per heavy atom. The maximum atomic E-state index is 8.23. The van der Waals surface area contributed by atoms with Crippen molar-refractivity contribution in [1.29, 1.82) is 0 Å². The zero-order valence-corrected chi connectivity index (χ0v) is 5.88. The summed E-state index contributed by atoms with van der Waals surface area (Å²) in [6.07, 6.45) is 3.82. The molecule has 58 valence electrons. The zero-order chi connectivity index (χ0) is 7.40. The third kappa shape index (κ3) is 1.88. The molecule has 1 aliphatic carbocycles. The van der Waals surface area contributed by atoms with Crippen LogP contribution in [0.2, 0.25) is 0 Å². The fraction of sp³-hybridized carbons (Fsp3) is 0.833. The molecule has 0 aliphatic heterocycles. The van der Waals surface area contributed by atoms with Gasteiger partial charge >= 0.3 is 0 Å². The number of hydrogen-bond donors (Lipinski definition) is 3. The average Bonchev–Trinajstić information content (AvgIpc) is 1.84. The topological polar surface area (TPSA) is 70.6 Å². The van der Waals surface area contributed by atoms with E-state index in [1.165, 1.54) is 19.3 Å². The second kappa shape index (κ2) is 3.41. The summed E-state index contributed by atoms with van der Waals surface area (Å²) in [5.41, 5.74) is 6.99. The maximum absolute atomic E-state index is 8.23. The summed E-state index contributed by atoms with van der Waals surface area (Å²) in [6, 6.07) is 0. The van der Waals surface area contributed by atoms with E-state index in [0.717, 1.165) is 6.54 Å². The fourth-order valence-corrected chi connectivity index (χ4v) is 0.938. The van der Waals surface area contributed by atoms with Crippen LogP contribution in [0.5, 0.6) is 0 Å². The van der Waals surface area contributed by atoms with Crippen molar-refractivity contribution < 1.29 is 5.21 Å². The molecule has 0 spiro atoms. The lowest BCUT2D eigenvalue weighted by molar-refractivity contribution is 0.231. The van der Waals surface area contributed by atoms with Crippen LogP contribution in [0.15, 0.2) is 4.99 Å². The molecule has 4 N–H and O–H groups in total. The van der Waals surface area contributed by atoms with E-state index < -0.39 is 0 Å². The van der Waals surface area contributed by atoms with Crippen LogP contribution in [0.1, 0.15) is 19.3 Å². The van der Waals surface area contributed by atoms with Gasteiger partial charge in [0, 0.05) is 6.54 Å². The largest absolute Gasteiger partial charge is 0.368 e. The Balaban J connectivity index is 2.12. The smallest absolute Gasteiger partial charge is 0.212 e. The van der Waals surface area contributed by atoms with Gasteiger partial charge in [-0.1, -0.05) is 6.42 Å². The van der Waals surface area contributed by atoms with Crippen molar-refractivity contribution in [1.82, 2.24) is 5.48 Å². The molecule has 0 heterocycles. The van der Waals surface area contributed by atoms with Gasteiger partial charge in [-0.3, -0.25) is 10.2 Å². The predicted molar refractivity (Wildman–Crippen MR) is 38.8 cm³/mol. The molecule has 0 atom stereocenters. The normalized spacial score (nSPS) is 20.3. The van der Waals surface area contributed by atoms with Crippen LogP contribution < -0.4 is 11.2 Å². The number of hydrogen-bond acceptors (Lipinski definition) is 2. The Labute approximate surface area is 60.1 Å². The maximum Gasteiger partial charge on any atom is 0.212 e. The van der Waals surface area contributed by atoms with Gasteiger partial charge in [-0.2, -0.15) is 0 Å². The molecule has 0 saturated heterocycles. The van der Waals surface area contributed by atoms with E-state index in [0.29, 0.717) is 5.92 Å². The molecular formula is C6H13N3O. The van der Waals surface area contributed by atoms with Gasteiger partial charge in [-0.05, 0) is 18.8 Å². The molecule has 4 heteroatoms. The first-order chi connectivity index (χ1) is 4.83. The van der Waals surface area contributed by atoms with E-state index >= 15 is 0 Å². The van der Waals surface area contributed by atoms with Crippen molar-refractivity contribution >= 4 is 5.96 Å². The second-order valence-corrected chi connectivity index (χ2v) is 2.63. The first-order valence-electron chi connectivity index (χ1n) is 3.53. The molecule has 1 saturated carbocycles. The van der Waals surface area contributed by atoms with Gasteiger partial charge in [0.2, 0.25) is 5.96 Å². The highest BCUT2D eigenvalue weighted by molar-refractivity contribution is 5.76. The van der Waals surface area contributed by atoms with Gasteiger partial charge in [0.1, 0.15) is 0 Å². The van der Waals surface area contributed by atoms with Crippen LogP contribution in [0.25, 0.3) is 0 Å². The minimum Gasteiger partial charge on any atom is -0.368 e. The Kier molecular flexibility index (Phi) is 2.50. The second-order valence-electron chi connectivity index (χ2n) is 2.63. The summed E-state index contributed by atoms with van der Waals surface area (Å²) in [6.45, 7) is 0.749. The van der Waals surface area contributed by atoms with Crippen molar-refractivity contribution in [3.63, 3.8) is 0 Å². The van der Waals surface area contributed by atoms with Crippen molar-refractivity contribution in [2.45, 2.75) is 19.3 Å². The van der Waals surface area contributed by atoms with Crippen LogP contribution in [0.4, 0.5) is 0 Å². The minimum atomic E-state index is 0.118. The molecule has 0 unspecified atom stereocenters. The molecule has 4 nitrogen and oxygen atoms in total. The summed E-state index contributed by atoms with van der Waals surface area (Å²) in [7, 11) is 0. The van der Waals surface area contributed by atoms with E-state index in [9.17, 15) is 0 Å². The number of nitrogens with one attached hydrogen (secondary N) is 1. The van der Waals surface area contributed by atoms with Crippen LogP contribution in [-0.2, 0) is 0 Å². The van der Waals surface area contributed by atoms with Gasteiger partial charge in [0.25, 0.3) is 0 Å². The summed E-state index contributed by atoms with van der Waals surface area (Å²) in [5.74, 6) is 0.818. The molecule has 0 aromatic carbocycles. The molecule has 10 heavy (non-hydrogen) atoms. The molecular weight excluding hydrogens is 130 g/mol. The van der Waals surface area contributed by atoms with E-state index in [1.54, 1.807) is 5.48 Å². The Morgan fingerprint density at radius 1 is 1.70 bits per heavy atom. The summed E-state index contributed by atoms with van der Waals surface area (Å²) >= 11 is 0. The van der Waals surface area contributed by atoms with E-state index in [2.05, 4.69) is 4.99 Å². The number of nitrogens with zero attached hydrogens (tertiary/aromatic N) is 1. The Morgan fingerprint density at radius 2 is 2.40 bits per heavy atom. The van der Waals surface area contributed by atoms with Crippen LogP contribution in [0.3, 0.4) is 0 Å². The third-order valence-electron chi connectivity index (χ3n) is 1.86. The lowest BCUT2D eigenvalue weighted by atomic mass is 9.86. The summed E-state index contributed by atoms with van der Waals surface area (Å²) < 4.78 is 0. The molecule has 0 bridgehead atoms. The van der Waals surface area contributed by atoms with E-state index in [-0.39, 0.29) is 5.96 Å². The van der Waals surface area contributed by atoms with Crippen molar-refractivity contribution in [2.24, 2.45) is 16.6 Å². The predicted octanol–water partition coefficient (Wildman–Crippen LogP) is 0.0800. The monoisotopic (exact) mass is 143 g/mol. The lowest BCUT2D eigenvalue weighted by Crippen LogP contribution is -2.29. The van der Waals surface area contributed by atoms with Gasteiger partial charge in [0.05, 0.1) is 0 Å². The van der Waals surface area contributed by atoms with Crippen molar-refractivity contribution in [3.05, 3.63) is 0 Å². The van der Waals surface area contributed by atoms with Gasteiger partial charge in [-0.25, -0.2) is 5.48 Å². The quantitative estimate of drug-likeness (QED) is 0.291.